The summed E-state index contributed by atoms with van der Waals surface area (Å²) in [6.07, 6.45) is 5.11. The minimum atomic E-state index is -0.463. The molecule has 2 aromatic rings. The number of alkyl carbamates (subject to hydrolysis) is 1. The van der Waals surface area contributed by atoms with Crippen LogP contribution < -0.4 is 10.6 Å². The molecule has 1 aliphatic rings. The van der Waals surface area contributed by atoms with Gasteiger partial charge in [-0.05, 0) is 65.5 Å². The van der Waals surface area contributed by atoms with E-state index in [0.717, 1.165) is 42.4 Å². The molecule has 0 atom stereocenters. The van der Waals surface area contributed by atoms with Gasteiger partial charge in [-0.25, -0.2) is 14.8 Å². The molecule has 0 radical (unpaired) electrons. The van der Waals surface area contributed by atoms with Crippen LogP contribution in [-0.4, -0.2) is 33.7 Å². The fourth-order valence-electron chi connectivity index (χ4n) is 3.34. The van der Waals surface area contributed by atoms with Gasteiger partial charge in [-0.2, -0.15) is 0 Å². The van der Waals surface area contributed by atoms with Crippen molar-refractivity contribution in [3.8, 4) is 0 Å². The van der Waals surface area contributed by atoms with E-state index >= 15 is 0 Å². The quantitative estimate of drug-likeness (QED) is 0.862. The van der Waals surface area contributed by atoms with E-state index in [9.17, 15) is 4.79 Å². The summed E-state index contributed by atoms with van der Waals surface area (Å²) in [5, 5.41) is 7.61. The predicted octanol–water partition coefficient (Wildman–Crippen LogP) is 4.19. The first-order valence-corrected chi connectivity index (χ1v) is 9.27. The zero-order valence-corrected chi connectivity index (χ0v) is 16.0. The summed E-state index contributed by atoms with van der Waals surface area (Å²) >= 11 is 0. The minimum absolute atomic E-state index is 0.173. The van der Waals surface area contributed by atoms with Crippen molar-refractivity contribution in [1.82, 2.24) is 15.3 Å². The molecule has 0 spiro atoms. The lowest BCUT2D eigenvalue weighted by Gasteiger charge is -2.31. The molecule has 0 aliphatic heterocycles. The van der Waals surface area contributed by atoms with E-state index in [1.807, 2.05) is 26.8 Å². The number of carbonyl (C=O) groups is 1. The molecular formula is C20H28N4O2. The molecular weight excluding hydrogens is 328 g/mol. The average Bonchev–Trinajstić information content (AvgIpc) is 2.55. The second-order valence-electron chi connectivity index (χ2n) is 8.08. The van der Waals surface area contributed by atoms with Gasteiger partial charge in [0.2, 0.25) is 0 Å². The van der Waals surface area contributed by atoms with E-state index in [1.165, 1.54) is 5.56 Å². The number of hydrogen-bond acceptors (Lipinski definition) is 5. The number of aromatic nitrogens is 2. The number of hydrogen-bond donors (Lipinski definition) is 2. The maximum absolute atomic E-state index is 11.9. The van der Waals surface area contributed by atoms with Crippen LogP contribution in [0.4, 0.5) is 10.6 Å². The fourth-order valence-corrected chi connectivity index (χ4v) is 3.34. The molecule has 1 saturated carbocycles. The molecule has 26 heavy (non-hydrogen) atoms. The topological polar surface area (TPSA) is 76.1 Å². The van der Waals surface area contributed by atoms with Gasteiger partial charge >= 0.3 is 6.09 Å². The number of fused-ring (bicyclic) bond motifs is 1. The van der Waals surface area contributed by atoms with Gasteiger partial charge in [0.15, 0.2) is 0 Å². The highest BCUT2D eigenvalue weighted by Gasteiger charge is 2.25. The van der Waals surface area contributed by atoms with Gasteiger partial charge in [-0.3, -0.25) is 0 Å². The van der Waals surface area contributed by atoms with Crippen molar-refractivity contribution in [3.05, 3.63) is 30.1 Å². The molecule has 0 saturated heterocycles. The van der Waals surface area contributed by atoms with Crippen molar-refractivity contribution in [2.24, 2.45) is 0 Å². The normalized spacial score (nSPS) is 20.6. The van der Waals surface area contributed by atoms with Gasteiger partial charge in [0.1, 0.15) is 17.7 Å². The van der Waals surface area contributed by atoms with Crippen molar-refractivity contribution in [1.29, 1.82) is 0 Å². The second kappa shape index (κ2) is 7.48. The Hall–Kier alpha value is -2.37. The number of nitrogens with one attached hydrogen (secondary N) is 2. The number of nitrogens with zero attached hydrogens (tertiary/aromatic N) is 2. The molecule has 140 valence electrons. The zero-order valence-electron chi connectivity index (χ0n) is 16.0. The molecule has 0 bridgehead atoms. The number of carbonyl (C=O) groups excluding carboxylic acids is 1. The monoisotopic (exact) mass is 356 g/mol. The number of benzene rings is 1. The zero-order chi connectivity index (χ0) is 18.7. The van der Waals surface area contributed by atoms with Crippen molar-refractivity contribution in [2.45, 2.75) is 71.1 Å². The van der Waals surface area contributed by atoms with Crippen molar-refractivity contribution in [2.75, 3.05) is 5.32 Å². The van der Waals surface area contributed by atoms with E-state index in [1.54, 1.807) is 6.33 Å². The Morgan fingerprint density at radius 2 is 1.81 bits per heavy atom. The lowest BCUT2D eigenvalue weighted by atomic mass is 9.91. The van der Waals surface area contributed by atoms with Crippen LogP contribution in [0.3, 0.4) is 0 Å². The molecule has 1 amide bonds. The van der Waals surface area contributed by atoms with Gasteiger partial charge in [-0.15, -0.1) is 0 Å². The SMILES string of the molecule is Cc1ccc2ncnc(N[C@H]3CC[C@H](NC(=O)OC(C)(C)C)CC3)c2c1. The van der Waals surface area contributed by atoms with Crippen molar-refractivity contribution in [3.63, 3.8) is 0 Å². The molecule has 1 aliphatic carbocycles. The van der Waals surface area contributed by atoms with Crippen LogP contribution in [0.1, 0.15) is 52.0 Å². The van der Waals surface area contributed by atoms with Crippen LogP contribution in [0.5, 0.6) is 0 Å². The standard InChI is InChI=1S/C20H28N4O2/c1-13-5-10-17-16(11-13)18(22-12-21-17)23-14-6-8-15(9-7-14)24-19(25)26-20(2,3)4/h5,10-12,14-15H,6-9H2,1-4H3,(H,24,25)(H,21,22,23)/t14-,15-. The van der Waals surface area contributed by atoms with Crippen molar-refractivity contribution >= 4 is 22.8 Å². The van der Waals surface area contributed by atoms with Crippen LogP contribution in [-0.2, 0) is 4.74 Å². The van der Waals surface area contributed by atoms with Gasteiger partial charge < -0.3 is 15.4 Å². The first-order valence-electron chi connectivity index (χ1n) is 9.27. The highest BCUT2D eigenvalue weighted by atomic mass is 16.6. The number of rotatable bonds is 3. The Morgan fingerprint density at radius 3 is 2.50 bits per heavy atom. The first kappa shape index (κ1) is 18.4. The molecule has 1 aromatic heterocycles. The molecule has 1 aromatic carbocycles. The fraction of sp³-hybridized carbons (Fsp3) is 0.550. The maximum atomic E-state index is 11.9. The summed E-state index contributed by atoms with van der Waals surface area (Å²) in [5.74, 6) is 0.891. The summed E-state index contributed by atoms with van der Waals surface area (Å²) in [4.78, 5) is 20.7. The van der Waals surface area contributed by atoms with Gasteiger partial charge in [0.25, 0.3) is 0 Å². The molecule has 3 rings (SSSR count). The molecule has 6 nitrogen and oxygen atoms in total. The van der Waals surface area contributed by atoms with Gasteiger partial charge in [-0.1, -0.05) is 11.6 Å². The highest BCUT2D eigenvalue weighted by Crippen LogP contribution is 2.26. The predicted molar refractivity (Wildman–Crippen MR) is 103 cm³/mol. The van der Waals surface area contributed by atoms with Crippen molar-refractivity contribution < 1.29 is 9.53 Å². The molecule has 1 heterocycles. The number of anilines is 1. The largest absolute Gasteiger partial charge is 0.444 e. The minimum Gasteiger partial charge on any atom is -0.444 e. The second-order valence-corrected chi connectivity index (χ2v) is 8.08. The molecule has 2 N–H and O–H groups in total. The highest BCUT2D eigenvalue weighted by molar-refractivity contribution is 5.89. The van der Waals surface area contributed by atoms with Gasteiger partial charge in [0.05, 0.1) is 5.52 Å². The average molecular weight is 356 g/mol. The van der Waals surface area contributed by atoms with E-state index in [2.05, 4.69) is 39.7 Å². The third-order valence-electron chi connectivity index (χ3n) is 4.58. The Balaban J connectivity index is 1.56. The lowest BCUT2D eigenvalue weighted by molar-refractivity contribution is 0.0492. The lowest BCUT2D eigenvalue weighted by Crippen LogP contribution is -2.42. The molecule has 1 fully saturated rings. The first-order chi connectivity index (χ1) is 12.3. The Bertz CT molecular complexity index is 777. The number of ether oxygens (including phenoxy) is 1. The van der Waals surface area contributed by atoms with Crippen LogP contribution >= 0.6 is 0 Å². The third-order valence-corrected chi connectivity index (χ3v) is 4.58. The van der Waals surface area contributed by atoms with E-state index in [-0.39, 0.29) is 12.1 Å². The maximum Gasteiger partial charge on any atom is 0.407 e. The summed E-state index contributed by atoms with van der Waals surface area (Å²) in [7, 11) is 0. The summed E-state index contributed by atoms with van der Waals surface area (Å²) in [5.41, 5.74) is 1.68. The summed E-state index contributed by atoms with van der Waals surface area (Å²) in [6.45, 7) is 7.70. The van der Waals surface area contributed by atoms with Crippen LogP contribution in [0.15, 0.2) is 24.5 Å². The Labute approximate surface area is 154 Å². The van der Waals surface area contributed by atoms with Crippen LogP contribution in [0.25, 0.3) is 10.9 Å². The Kier molecular flexibility index (Phi) is 5.30. The number of amides is 1. The molecule has 0 unspecified atom stereocenters. The molecule has 6 heteroatoms. The summed E-state index contributed by atoms with van der Waals surface area (Å²) < 4.78 is 5.34. The van der Waals surface area contributed by atoms with E-state index in [4.69, 9.17) is 4.74 Å². The third kappa shape index (κ3) is 4.84. The number of aryl methyl sites for hydroxylation is 1. The van der Waals surface area contributed by atoms with Crippen LogP contribution in [0, 0.1) is 6.92 Å². The summed E-state index contributed by atoms with van der Waals surface area (Å²) in [6, 6.07) is 6.73. The Morgan fingerprint density at radius 1 is 1.12 bits per heavy atom. The van der Waals surface area contributed by atoms with Crippen LogP contribution in [0.2, 0.25) is 0 Å². The van der Waals surface area contributed by atoms with E-state index < -0.39 is 5.60 Å². The van der Waals surface area contributed by atoms with E-state index in [0.29, 0.717) is 6.04 Å². The van der Waals surface area contributed by atoms with Gasteiger partial charge in [0, 0.05) is 17.5 Å². The smallest absolute Gasteiger partial charge is 0.407 e.